The summed E-state index contributed by atoms with van der Waals surface area (Å²) in [5.41, 5.74) is 4.82. The third kappa shape index (κ3) is 1.93. The summed E-state index contributed by atoms with van der Waals surface area (Å²) < 4.78 is 39.4. The Morgan fingerprint density at radius 2 is 2.05 bits per heavy atom. The maximum absolute atomic E-state index is 12.7. The van der Waals surface area contributed by atoms with Crippen molar-refractivity contribution in [1.82, 2.24) is 14.4 Å². The van der Waals surface area contributed by atoms with Crippen molar-refractivity contribution in [3.05, 3.63) is 35.8 Å². The highest BCUT2D eigenvalue weighted by Gasteiger charge is 2.31. The molecule has 0 bridgehead atoms. The number of anilines is 1. The quantitative estimate of drug-likeness (QED) is 0.718. The number of halogens is 3. The van der Waals surface area contributed by atoms with Gasteiger partial charge in [0.1, 0.15) is 11.8 Å². The van der Waals surface area contributed by atoms with E-state index in [4.69, 9.17) is 10.8 Å². The van der Waals surface area contributed by atoms with Gasteiger partial charge in [-0.2, -0.15) is 13.2 Å². The average molecular weight is 296 g/mol. The van der Waals surface area contributed by atoms with E-state index in [9.17, 15) is 18.0 Å². The predicted octanol–water partition coefficient (Wildman–Crippen LogP) is 2.18. The van der Waals surface area contributed by atoms with E-state index in [1.807, 2.05) is 0 Å². The Hall–Kier alpha value is -2.84. The van der Waals surface area contributed by atoms with E-state index < -0.39 is 17.7 Å². The highest BCUT2D eigenvalue weighted by atomic mass is 19.4. The number of rotatable bonds is 1. The lowest BCUT2D eigenvalue weighted by Crippen LogP contribution is -2.07. The normalized spacial score (nSPS) is 12.1. The van der Waals surface area contributed by atoms with Crippen LogP contribution in [-0.2, 0) is 6.18 Å². The van der Waals surface area contributed by atoms with Gasteiger partial charge in [0.2, 0.25) is 0 Å². The van der Waals surface area contributed by atoms with Gasteiger partial charge < -0.3 is 10.8 Å². The molecule has 1 aromatic carbocycles. The number of carboxylic acids is 1. The van der Waals surface area contributed by atoms with Crippen LogP contribution in [0.4, 0.5) is 19.0 Å². The number of imidazole rings is 1. The molecule has 108 valence electrons. The van der Waals surface area contributed by atoms with Gasteiger partial charge in [-0.1, -0.05) is 0 Å². The molecule has 0 radical (unpaired) electrons. The van der Waals surface area contributed by atoms with Gasteiger partial charge in [0.15, 0.2) is 11.5 Å². The van der Waals surface area contributed by atoms with Crippen molar-refractivity contribution in [2.24, 2.45) is 0 Å². The zero-order valence-corrected chi connectivity index (χ0v) is 10.2. The molecule has 3 rings (SSSR count). The first-order valence-electron chi connectivity index (χ1n) is 5.66. The number of benzene rings is 1. The molecule has 0 amide bonds. The van der Waals surface area contributed by atoms with Crippen LogP contribution >= 0.6 is 0 Å². The Labute approximate surface area is 114 Å². The molecule has 0 fully saturated rings. The molecule has 0 aliphatic rings. The van der Waals surface area contributed by atoms with Crippen LogP contribution in [0.15, 0.2) is 24.5 Å². The first-order valence-corrected chi connectivity index (χ1v) is 5.66. The van der Waals surface area contributed by atoms with Crippen molar-refractivity contribution < 1.29 is 23.1 Å². The van der Waals surface area contributed by atoms with Crippen molar-refractivity contribution in [3.8, 4) is 0 Å². The molecule has 3 aromatic rings. The van der Waals surface area contributed by atoms with Gasteiger partial charge in [-0.3, -0.25) is 4.40 Å². The molecule has 9 heteroatoms. The molecule has 0 saturated carbocycles. The van der Waals surface area contributed by atoms with E-state index in [1.165, 1.54) is 16.8 Å². The first kappa shape index (κ1) is 13.2. The van der Waals surface area contributed by atoms with Gasteiger partial charge in [-0.05, 0) is 18.2 Å². The molecule has 0 saturated heterocycles. The van der Waals surface area contributed by atoms with Gasteiger partial charge in [0, 0.05) is 0 Å². The average Bonchev–Trinajstić information content (AvgIpc) is 2.82. The number of hydrogen-bond acceptors (Lipinski definition) is 4. The minimum Gasteiger partial charge on any atom is -0.476 e. The lowest BCUT2D eigenvalue weighted by molar-refractivity contribution is -0.137. The fourth-order valence-electron chi connectivity index (χ4n) is 2.11. The lowest BCUT2D eigenvalue weighted by Gasteiger charge is -2.09. The smallest absolute Gasteiger partial charge is 0.416 e. The topological polar surface area (TPSA) is 93.5 Å². The zero-order valence-electron chi connectivity index (χ0n) is 10.2. The second-order valence-corrected chi connectivity index (χ2v) is 4.32. The highest BCUT2D eigenvalue weighted by molar-refractivity contribution is 5.99. The maximum Gasteiger partial charge on any atom is 0.416 e. The lowest BCUT2D eigenvalue weighted by atomic mass is 10.2. The first-order chi connectivity index (χ1) is 9.79. The number of fused-ring (bicyclic) bond motifs is 3. The molecular weight excluding hydrogens is 289 g/mol. The molecule has 21 heavy (non-hydrogen) atoms. The van der Waals surface area contributed by atoms with Gasteiger partial charge in [0.25, 0.3) is 0 Å². The van der Waals surface area contributed by atoms with Crippen molar-refractivity contribution in [3.63, 3.8) is 0 Å². The number of hydrogen-bond donors (Lipinski definition) is 2. The third-order valence-corrected chi connectivity index (χ3v) is 3.02. The molecule has 0 aliphatic carbocycles. The van der Waals surface area contributed by atoms with Crippen LogP contribution < -0.4 is 5.73 Å². The Kier molecular flexibility index (Phi) is 2.55. The Morgan fingerprint density at radius 3 is 2.67 bits per heavy atom. The van der Waals surface area contributed by atoms with Crippen LogP contribution in [-0.4, -0.2) is 25.4 Å². The van der Waals surface area contributed by atoms with Crippen LogP contribution in [0.25, 0.3) is 16.6 Å². The largest absolute Gasteiger partial charge is 0.476 e. The second kappa shape index (κ2) is 4.08. The van der Waals surface area contributed by atoms with Crippen LogP contribution in [0.2, 0.25) is 0 Å². The van der Waals surface area contributed by atoms with Gasteiger partial charge in [-0.25, -0.2) is 14.8 Å². The molecule has 6 nitrogen and oxygen atoms in total. The summed E-state index contributed by atoms with van der Waals surface area (Å²) >= 11 is 0. The van der Waals surface area contributed by atoms with Crippen LogP contribution in [0.5, 0.6) is 0 Å². The van der Waals surface area contributed by atoms with Crippen molar-refractivity contribution in [2.75, 3.05) is 5.73 Å². The second-order valence-electron chi connectivity index (χ2n) is 4.32. The summed E-state index contributed by atoms with van der Waals surface area (Å²) in [4.78, 5) is 18.6. The SMILES string of the molecule is Nc1nc2cc(C(F)(F)F)ccc2n2cnc(C(=O)O)c12. The Morgan fingerprint density at radius 1 is 1.33 bits per heavy atom. The number of alkyl halides is 3. The number of carboxylic acid groups (broad SMARTS) is 1. The molecule has 0 atom stereocenters. The number of nitrogens with zero attached hydrogens (tertiary/aromatic N) is 3. The van der Waals surface area contributed by atoms with Crippen molar-refractivity contribution in [2.45, 2.75) is 6.18 Å². The fourth-order valence-corrected chi connectivity index (χ4v) is 2.11. The predicted molar refractivity (Wildman–Crippen MR) is 66.9 cm³/mol. The maximum atomic E-state index is 12.7. The summed E-state index contributed by atoms with van der Waals surface area (Å²) in [6, 6.07) is 2.94. The Balaban J connectivity index is 2.38. The molecule has 2 aromatic heterocycles. The molecule has 0 unspecified atom stereocenters. The van der Waals surface area contributed by atoms with Gasteiger partial charge >= 0.3 is 12.1 Å². The number of aromatic carboxylic acids is 1. The minimum atomic E-state index is -4.50. The summed E-state index contributed by atoms with van der Waals surface area (Å²) in [6.45, 7) is 0. The van der Waals surface area contributed by atoms with Crippen molar-refractivity contribution >= 4 is 28.3 Å². The summed E-state index contributed by atoms with van der Waals surface area (Å²) in [5, 5.41) is 9.01. The van der Waals surface area contributed by atoms with E-state index in [0.717, 1.165) is 12.1 Å². The number of carbonyl (C=O) groups is 1. The van der Waals surface area contributed by atoms with E-state index in [0.29, 0.717) is 0 Å². The molecular formula is C12H7F3N4O2. The standard InChI is InChI=1S/C12H7F3N4O2/c13-12(14,15)5-1-2-7-6(3-5)18-10(16)9-8(11(20)21)17-4-19(7)9/h1-4H,(H2,16,18)(H,20,21). The molecule has 0 spiro atoms. The Bertz CT molecular complexity index is 885. The van der Waals surface area contributed by atoms with Gasteiger partial charge in [0.05, 0.1) is 16.6 Å². The summed E-state index contributed by atoms with van der Waals surface area (Å²) in [7, 11) is 0. The van der Waals surface area contributed by atoms with Crippen molar-refractivity contribution in [1.29, 1.82) is 0 Å². The van der Waals surface area contributed by atoms with Crippen LogP contribution in [0, 0.1) is 0 Å². The summed E-state index contributed by atoms with van der Waals surface area (Å²) in [5.74, 6) is -1.49. The monoisotopic (exact) mass is 296 g/mol. The molecule has 2 heterocycles. The number of nitrogens with two attached hydrogens (primary N) is 1. The zero-order chi connectivity index (χ0) is 15.4. The van der Waals surface area contributed by atoms with Crippen LogP contribution in [0.3, 0.4) is 0 Å². The minimum absolute atomic E-state index is 0.00386. The number of aromatic nitrogens is 3. The van der Waals surface area contributed by atoms with Crippen LogP contribution in [0.1, 0.15) is 16.1 Å². The third-order valence-electron chi connectivity index (χ3n) is 3.02. The number of nitrogen functional groups attached to an aromatic ring is 1. The van der Waals surface area contributed by atoms with E-state index in [1.54, 1.807) is 0 Å². The van der Waals surface area contributed by atoms with E-state index in [2.05, 4.69) is 9.97 Å². The van der Waals surface area contributed by atoms with E-state index in [-0.39, 0.29) is 28.1 Å². The highest BCUT2D eigenvalue weighted by Crippen LogP contribution is 2.32. The fraction of sp³-hybridized carbons (Fsp3) is 0.0833. The summed E-state index contributed by atoms with van der Waals surface area (Å²) in [6.07, 6.45) is -3.31. The van der Waals surface area contributed by atoms with Gasteiger partial charge in [-0.15, -0.1) is 0 Å². The molecule has 3 N–H and O–H groups in total. The molecule has 0 aliphatic heterocycles. The van der Waals surface area contributed by atoms with E-state index >= 15 is 0 Å².